The largest absolute Gasteiger partial charge is 0.446 e. The fraction of sp³-hybridized carbons (Fsp3) is 0. The lowest BCUT2D eigenvalue weighted by Crippen LogP contribution is -2.12. The molecule has 10 nitrogen and oxygen atoms in total. The molecule has 0 aromatic heterocycles. The summed E-state index contributed by atoms with van der Waals surface area (Å²) in [5.41, 5.74) is 9.83. The van der Waals surface area contributed by atoms with Gasteiger partial charge in [0.1, 0.15) is 5.69 Å². The van der Waals surface area contributed by atoms with Gasteiger partial charge in [0.2, 0.25) is 0 Å². The Kier molecular flexibility index (Phi) is 3.57. The van der Waals surface area contributed by atoms with Crippen molar-refractivity contribution in [2.24, 2.45) is 0 Å². The van der Waals surface area contributed by atoms with E-state index in [1.165, 1.54) is 0 Å². The second-order valence-electron chi connectivity index (χ2n) is 2.95. The van der Waals surface area contributed by atoms with Crippen LogP contribution in [0.25, 0.3) is 0 Å². The fourth-order valence-corrected chi connectivity index (χ4v) is 1.72. The van der Waals surface area contributed by atoms with Gasteiger partial charge in [-0.25, -0.2) is 0 Å². The number of nitrogen functional groups attached to an aromatic ring is 2. The molecule has 0 aliphatic rings. The summed E-state index contributed by atoms with van der Waals surface area (Å²) in [6, 6.07) is 1.81. The summed E-state index contributed by atoms with van der Waals surface area (Å²) in [6.07, 6.45) is 0. The number of benzene rings is 1. The maximum Gasteiger partial charge on any atom is 0.446 e. The van der Waals surface area contributed by atoms with Crippen molar-refractivity contribution in [3.8, 4) is 11.5 Å². The van der Waals surface area contributed by atoms with E-state index < -0.39 is 38.0 Å². The molecule has 0 fully saturated rings. The van der Waals surface area contributed by atoms with Crippen LogP contribution in [-0.2, 0) is 20.8 Å². The Bertz CT molecular complexity index is 610. The lowest BCUT2D eigenvalue weighted by molar-refractivity contribution is 0.383. The molecule has 0 unspecified atom stereocenters. The molecule has 0 radical (unpaired) electrons. The summed E-state index contributed by atoms with van der Waals surface area (Å²) >= 11 is 0. The molecule has 18 heavy (non-hydrogen) atoms. The molecule has 102 valence electrons. The first-order valence-corrected chi connectivity index (χ1v) is 6.74. The highest BCUT2D eigenvalue weighted by atomic mass is 32.3. The predicted octanol–water partition coefficient (Wildman–Crippen LogP) is -0.786. The lowest BCUT2D eigenvalue weighted by atomic mass is 10.2. The normalized spacial score (nSPS) is 12.1. The third kappa shape index (κ3) is 4.25. The van der Waals surface area contributed by atoms with E-state index >= 15 is 0 Å². The highest BCUT2D eigenvalue weighted by molar-refractivity contribution is 7.81. The molecule has 0 heterocycles. The van der Waals surface area contributed by atoms with Gasteiger partial charge in [-0.2, -0.15) is 16.8 Å². The summed E-state index contributed by atoms with van der Waals surface area (Å²) in [5, 5.41) is 0. The van der Waals surface area contributed by atoms with Crippen LogP contribution in [0.5, 0.6) is 11.5 Å². The Labute approximate surface area is 102 Å². The van der Waals surface area contributed by atoms with Gasteiger partial charge in [-0.3, -0.25) is 9.11 Å². The van der Waals surface area contributed by atoms with E-state index in [1.54, 1.807) is 0 Å². The smallest absolute Gasteiger partial charge is 0.399 e. The van der Waals surface area contributed by atoms with Crippen molar-refractivity contribution in [1.29, 1.82) is 0 Å². The molecule has 1 aromatic carbocycles. The van der Waals surface area contributed by atoms with Gasteiger partial charge >= 0.3 is 20.8 Å². The van der Waals surface area contributed by atoms with E-state index in [0.717, 1.165) is 12.1 Å². The second-order valence-corrected chi connectivity index (χ2v) is 5.00. The quantitative estimate of drug-likeness (QED) is 0.406. The number of hydrogen-bond donors (Lipinski definition) is 4. The maximum atomic E-state index is 10.5. The number of rotatable bonds is 4. The molecule has 6 N–H and O–H groups in total. The summed E-state index contributed by atoms with van der Waals surface area (Å²) < 4.78 is 66.9. The molecule has 12 heteroatoms. The number of hydrogen-bond acceptors (Lipinski definition) is 8. The first kappa shape index (κ1) is 14.3. The van der Waals surface area contributed by atoms with Gasteiger partial charge in [-0.1, -0.05) is 0 Å². The Hall–Kier alpha value is -1.76. The van der Waals surface area contributed by atoms with Crippen LogP contribution in [0.4, 0.5) is 11.4 Å². The van der Waals surface area contributed by atoms with Crippen LogP contribution >= 0.6 is 0 Å². The molecule has 1 aromatic rings. The molecule has 1 rings (SSSR count). The van der Waals surface area contributed by atoms with Crippen LogP contribution in [-0.4, -0.2) is 25.9 Å². The highest BCUT2D eigenvalue weighted by Crippen LogP contribution is 2.35. The van der Waals surface area contributed by atoms with E-state index in [-0.39, 0.29) is 5.69 Å². The van der Waals surface area contributed by atoms with Crippen molar-refractivity contribution < 1.29 is 34.3 Å². The van der Waals surface area contributed by atoms with Crippen molar-refractivity contribution in [2.75, 3.05) is 11.5 Å². The van der Waals surface area contributed by atoms with Gasteiger partial charge in [0, 0.05) is 17.8 Å². The average molecular weight is 300 g/mol. The number of anilines is 2. The zero-order valence-corrected chi connectivity index (χ0v) is 10.1. The molecule has 0 amide bonds. The van der Waals surface area contributed by atoms with E-state index in [1.807, 2.05) is 0 Å². The predicted molar refractivity (Wildman–Crippen MR) is 59.6 cm³/mol. The van der Waals surface area contributed by atoms with Gasteiger partial charge in [0.05, 0.1) is 0 Å². The Morgan fingerprint density at radius 1 is 0.889 bits per heavy atom. The van der Waals surface area contributed by atoms with Gasteiger partial charge in [-0.05, 0) is 0 Å². The monoisotopic (exact) mass is 300 g/mol. The van der Waals surface area contributed by atoms with Crippen LogP contribution in [0.3, 0.4) is 0 Å². The lowest BCUT2D eigenvalue weighted by Gasteiger charge is -2.10. The summed E-state index contributed by atoms with van der Waals surface area (Å²) in [7, 11) is -9.76. The Balaban J connectivity index is 3.31. The summed E-state index contributed by atoms with van der Waals surface area (Å²) in [6.45, 7) is 0. The van der Waals surface area contributed by atoms with E-state index in [9.17, 15) is 16.8 Å². The molecule has 0 saturated heterocycles. The first-order valence-electron chi connectivity index (χ1n) is 4.01. The third-order valence-corrected chi connectivity index (χ3v) is 2.30. The first-order chi connectivity index (χ1) is 7.98. The van der Waals surface area contributed by atoms with Gasteiger partial charge < -0.3 is 19.8 Å². The van der Waals surface area contributed by atoms with Crippen LogP contribution in [0, 0.1) is 0 Å². The van der Waals surface area contributed by atoms with Crippen molar-refractivity contribution in [3.05, 3.63) is 12.1 Å². The van der Waals surface area contributed by atoms with Crippen molar-refractivity contribution in [1.82, 2.24) is 0 Å². The van der Waals surface area contributed by atoms with Crippen LogP contribution in [0.2, 0.25) is 0 Å². The van der Waals surface area contributed by atoms with E-state index in [4.69, 9.17) is 20.6 Å². The van der Waals surface area contributed by atoms with Crippen LogP contribution in [0.15, 0.2) is 12.1 Å². The Morgan fingerprint density at radius 3 is 1.50 bits per heavy atom. The van der Waals surface area contributed by atoms with E-state index in [2.05, 4.69) is 8.37 Å². The topological polar surface area (TPSA) is 179 Å². The summed E-state index contributed by atoms with van der Waals surface area (Å²) in [4.78, 5) is 0. The van der Waals surface area contributed by atoms with E-state index in [0.29, 0.717) is 0 Å². The molecule has 0 spiro atoms. The highest BCUT2D eigenvalue weighted by Gasteiger charge is 2.18. The van der Waals surface area contributed by atoms with Gasteiger partial charge in [-0.15, -0.1) is 0 Å². The molecular formula is C6H8N2O8S2. The molecule has 0 aliphatic carbocycles. The van der Waals surface area contributed by atoms with Crippen LogP contribution < -0.4 is 19.8 Å². The van der Waals surface area contributed by atoms with Crippen molar-refractivity contribution in [2.45, 2.75) is 0 Å². The second kappa shape index (κ2) is 4.49. The fourth-order valence-electron chi connectivity index (χ4n) is 0.986. The van der Waals surface area contributed by atoms with Gasteiger partial charge in [0.25, 0.3) is 0 Å². The SMILES string of the molecule is Nc1cc(OS(=O)(=O)O)c(N)c(OS(=O)(=O)O)c1. The standard InChI is InChI=1S/C6H8N2O8S2/c7-3-1-4(15-17(9,10)11)6(8)5(2-3)16-18(12,13)14/h1-2H,7-8H2,(H,9,10,11)(H,12,13,14). The molecule has 0 atom stereocenters. The van der Waals surface area contributed by atoms with Crippen molar-refractivity contribution >= 4 is 32.2 Å². The van der Waals surface area contributed by atoms with Gasteiger partial charge in [0.15, 0.2) is 11.5 Å². The molecule has 0 bridgehead atoms. The molecule has 0 aliphatic heterocycles. The molecule has 0 saturated carbocycles. The maximum absolute atomic E-state index is 10.5. The average Bonchev–Trinajstić information content (AvgIpc) is 2.07. The minimum Gasteiger partial charge on any atom is -0.399 e. The minimum absolute atomic E-state index is 0.179. The third-order valence-electron chi connectivity index (χ3n) is 1.52. The molecular weight excluding hydrogens is 292 g/mol. The minimum atomic E-state index is -4.88. The summed E-state index contributed by atoms with van der Waals surface area (Å²) in [5.74, 6) is -1.31. The number of nitrogens with two attached hydrogens (primary N) is 2. The zero-order chi connectivity index (χ0) is 14.1. The Morgan fingerprint density at radius 2 is 1.22 bits per heavy atom. The zero-order valence-electron chi connectivity index (χ0n) is 8.47. The van der Waals surface area contributed by atoms with Crippen LogP contribution in [0.1, 0.15) is 0 Å². The van der Waals surface area contributed by atoms with Crippen molar-refractivity contribution in [3.63, 3.8) is 0 Å².